The van der Waals surface area contributed by atoms with E-state index in [1.54, 1.807) is 0 Å². The van der Waals surface area contributed by atoms with Crippen LogP contribution in [0.15, 0.2) is 0 Å². The highest BCUT2D eigenvalue weighted by atomic mass is 16.5. The second-order valence-corrected chi connectivity index (χ2v) is 7.23. The topological polar surface area (TPSA) is 43.4 Å². The van der Waals surface area contributed by atoms with Gasteiger partial charge in [-0.3, -0.25) is 4.79 Å². The van der Waals surface area contributed by atoms with Gasteiger partial charge in [-0.2, -0.15) is 0 Å². The smallest absolute Gasteiger partial charge is 0.305 e. The van der Waals surface area contributed by atoms with E-state index in [9.17, 15) is 9.59 Å². The van der Waals surface area contributed by atoms with Gasteiger partial charge in [0.1, 0.15) is 6.29 Å². The number of rotatable bonds is 20. The quantitative estimate of drug-likeness (QED) is 0.138. The van der Waals surface area contributed by atoms with Crippen molar-refractivity contribution in [2.45, 2.75) is 122 Å². The summed E-state index contributed by atoms with van der Waals surface area (Å²) in [6.07, 6.45) is 21.8. The van der Waals surface area contributed by atoms with E-state index in [1.807, 2.05) is 0 Å². The Kier molecular flexibility index (Phi) is 20.5. The van der Waals surface area contributed by atoms with Gasteiger partial charge in [0.15, 0.2) is 0 Å². The molecule has 0 N–H and O–H groups in total. The Morgan fingerprint density at radius 2 is 1.16 bits per heavy atom. The Labute approximate surface area is 156 Å². The molecule has 0 aromatic carbocycles. The second-order valence-electron chi connectivity index (χ2n) is 7.23. The third-order valence-corrected chi connectivity index (χ3v) is 4.71. The van der Waals surface area contributed by atoms with Crippen molar-refractivity contribution in [2.75, 3.05) is 6.61 Å². The molecule has 0 aromatic rings. The van der Waals surface area contributed by atoms with Crippen LogP contribution in [0.1, 0.15) is 122 Å². The average molecular weight is 355 g/mol. The summed E-state index contributed by atoms with van der Waals surface area (Å²) in [5.74, 6) is -0.00959. The van der Waals surface area contributed by atoms with Gasteiger partial charge in [0.05, 0.1) is 6.61 Å². The molecular formula is C22H42O3. The highest BCUT2D eigenvalue weighted by molar-refractivity contribution is 5.69. The van der Waals surface area contributed by atoms with Crippen molar-refractivity contribution in [3.63, 3.8) is 0 Å². The van der Waals surface area contributed by atoms with Crippen molar-refractivity contribution in [3.8, 4) is 0 Å². The molecular weight excluding hydrogens is 312 g/mol. The summed E-state index contributed by atoms with van der Waals surface area (Å²) in [7, 11) is 0. The minimum absolute atomic E-state index is 0.00959. The van der Waals surface area contributed by atoms with E-state index < -0.39 is 0 Å². The monoisotopic (exact) mass is 354 g/mol. The van der Waals surface area contributed by atoms with Crippen LogP contribution < -0.4 is 0 Å². The van der Waals surface area contributed by atoms with E-state index in [-0.39, 0.29) is 5.97 Å². The summed E-state index contributed by atoms with van der Waals surface area (Å²) in [5, 5.41) is 0. The number of hydrogen-bond acceptors (Lipinski definition) is 3. The lowest BCUT2D eigenvalue weighted by Crippen LogP contribution is -2.05. The fourth-order valence-electron chi connectivity index (χ4n) is 3.05. The standard InChI is InChI=1S/C22H42O3/c1-2-3-4-13-16-19-22(24)25-21-18-15-12-10-8-6-5-7-9-11-14-17-20-23/h20H,2-19,21H2,1H3. The molecule has 0 saturated heterocycles. The van der Waals surface area contributed by atoms with E-state index in [0.717, 1.165) is 38.4 Å². The molecule has 0 aliphatic rings. The molecule has 0 aliphatic carbocycles. The van der Waals surface area contributed by atoms with Crippen molar-refractivity contribution in [1.29, 1.82) is 0 Å². The summed E-state index contributed by atoms with van der Waals surface area (Å²) in [4.78, 5) is 21.7. The van der Waals surface area contributed by atoms with Gasteiger partial charge in [-0.1, -0.05) is 90.4 Å². The van der Waals surface area contributed by atoms with Crippen LogP contribution in [0.3, 0.4) is 0 Å². The highest BCUT2D eigenvalue weighted by Crippen LogP contribution is 2.12. The van der Waals surface area contributed by atoms with Gasteiger partial charge in [-0.25, -0.2) is 0 Å². The van der Waals surface area contributed by atoms with Gasteiger partial charge >= 0.3 is 5.97 Å². The van der Waals surface area contributed by atoms with Crippen LogP contribution in [0.25, 0.3) is 0 Å². The molecule has 0 heterocycles. The zero-order valence-corrected chi connectivity index (χ0v) is 16.7. The molecule has 0 spiro atoms. The third-order valence-electron chi connectivity index (χ3n) is 4.71. The van der Waals surface area contributed by atoms with E-state index in [1.165, 1.54) is 77.0 Å². The van der Waals surface area contributed by atoms with Crippen LogP contribution in [0.5, 0.6) is 0 Å². The van der Waals surface area contributed by atoms with Gasteiger partial charge < -0.3 is 9.53 Å². The van der Waals surface area contributed by atoms with Crippen molar-refractivity contribution in [2.24, 2.45) is 0 Å². The van der Waals surface area contributed by atoms with E-state index in [2.05, 4.69) is 6.92 Å². The molecule has 0 rings (SSSR count). The SMILES string of the molecule is CCCCCCCC(=O)OCCCCCCCCCCCCCC=O. The van der Waals surface area contributed by atoms with E-state index >= 15 is 0 Å². The van der Waals surface area contributed by atoms with Crippen LogP contribution in [0.2, 0.25) is 0 Å². The minimum Gasteiger partial charge on any atom is -0.466 e. The molecule has 0 unspecified atom stereocenters. The average Bonchev–Trinajstić information content (AvgIpc) is 2.62. The molecule has 0 radical (unpaired) electrons. The van der Waals surface area contributed by atoms with Crippen LogP contribution >= 0.6 is 0 Å². The Hall–Kier alpha value is -0.860. The lowest BCUT2D eigenvalue weighted by atomic mass is 10.1. The maximum absolute atomic E-state index is 11.6. The molecule has 0 amide bonds. The molecule has 0 fully saturated rings. The Bertz CT molecular complexity index is 289. The molecule has 0 atom stereocenters. The van der Waals surface area contributed by atoms with Gasteiger partial charge in [-0.05, 0) is 19.3 Å². The van der Waals surface area contributed by atoms with Crippen molar-refractivity contribution in [1.82, 2.24) is 0 Å². The van der Waals surface area contributed by atoms with Gasteiger partial charge in [0, 0.05) is 12.8 Å². The number of aldehydes is 1. The Morgan fingerprint density at radius 3 is 1.72 bits per heavy atom. The zero-order chi connectivity index (χ0) is 18.4. The van der Waals surface area contributed by atoms with Crippen LogP contribution in [0.4, 0.5) is 0 Å². The lowest BCUT2D eigenvalue weighted by Gasteiger charge is -2.05. The maximum Gasteiger partial charge on any atom is 0.305 e. The van der Waals surface area contributed by atoms with Crippen LogP contribution in [-0.4, -0.2) is 18.9 Å². The first kappa shape index (κ1) is 24.1. The Balaban J connectivity index is 3.10. The summed E-state index contributed by atoms with van der Waals surface area (Å²) in [6.45, 7) is 2.81. The minimum atomic E-state index is -0.00959. The number of carbonyl (C=O) groups is 2. The molecule has 148 valence electrons. The second kappa shape index (κ2) is 21.2. The number of unbranched alkanes of at least 4 members (excludes halogenated alkanes) is 15. The first-order valence-electron chi connectivity index (χ1n) is 10.9. The summed E-state index contributed by atoms with van der Waals surface area (Å²) in [6, 6.07) is 0. The van der Waals surface area contributed by atoms with Crippen LogP contribution in [0, 0.1) is 0 Å². The largest absolute Gasteiger partial charge is 0.466 e. The van der Waals surface area contributed by atoms with E-state index in [0.29, 0.717) is 13.0 Å². The summed E-state index contributed by atoms with van der Waals surface area (Å²) >= 11 is 0. The van der Waals surface area contributed by atoms with Crippen molar-refractivity contribution >= 4 is 12.3 Å². The van der Waals surface area contributed by atoms with Crippen molar-refractivity contribution in [3.05, 3.63) is 0 Å². The molecule has 3 heteroatoms. The predicted octanol–water partition coefficient (Wildman–Crippen LogP) is 6.77. The summed E-state index contributed by atoms with van der Waals surface area (Å²) in [5.41, 5.74) is 0. The first-order chi connectivity index (χ1) is 12.3. The molecule has 0 saturated carbocycles. The molecule has 0 aromatic heterocycles. The molecule has 25 heavy (non-hydrogen) atoms. The number of carbonyl (C=O) groups excluding carboxylic acids is 2. The molecule has 3 nitrogen and oxygen atoms in total. The first-order valence-corrected chi connectivity index (χ1v) is 10.9. The third kappa shape index (κ3) is 21.1. The normalized spacial score (nSPS) is 10.8. The fraction of sp³-hybridized carbons (Fsp3) is 0.909. The number of ether oxygens (including phenoxy) is 1. The molecule has 0 bridgehead atoms. The zero-order valence-electron chi connectivity index (χ0n) is 16.7. The number of hydrogen-bond donors (Lipinski definition) is 0. The highest BCUT2D eigenvalue weighted by Gasteiger charge is 2.02. The lowest BCUT2D eigenvalue weighted by molar-refractivity contribution is -0.143. The fourth-order valence-corrected chi connectivity index (χ4v) is 3.05. The number of esters is 1. The van der Waals surface area contributed by atoms with Gasteiger partial charge in [0.2, 0.25) is 0 Å². The molecule has 0 aliphatic heterocycles. The van der Waals surface area contributed by atoms with Crippen molar-refractivity contribution < 1.29 is 14.3 Å². The maximum atomic E-state index is 11.6. The summed E-state index contributed by atoms with van der Waals surface area (Å²) < 4.78 is 5.29. The predicted molar refractivity (Wildman–Crippen MR) is 106 cm³/mol. The van der Waals surface area contributed by atoms with Crippen LogP contribution in [-0.2, 0) is 14.3 Å². The van der Waals surface area contributed by atoms with Gasteiger partial charge in [-0.15, -0.1) is 0 Å². The van der Waals surface area contributed by atoms with Gasteiger partial charge in [0.25, 0.3) is 0 Å². The van der Waals surface area contributed by atoms with E-state index in [4.69, 9.17) is 4.74 Å². The Morgan fingerprint density at radius 1 is 0.680 bits per heavy atom.